The first-order valence-corrected chi connectivity index (χ1v) is 4.80. The zero-order valence-electron chi connectivity index (χ0n) is 8.51. The first kappa shape index (κ1) is 10.0. The Balaban J connectivity index is 2.25. The van der Waals surface area contributed by atoms with E-state index in [1.807, 2.05) is 0 Å². The molecule has 1 atom stereocenters. The number of rotatable bonds is 3. The molecule has 0 aliphatic heterocycles. The fraction of sp³-hybridized carbons (Fsp3) is 0.500. The number of ether oxygens (including phenoxy) is 1. The molecular formula is C10H13N3O2. The maximum absolute atomic E-state index is 11.4. The van der Waals surface area contributed by atoms with Crippen molar-refractivity contribution in [2.75, 3.05) is 7.11 Å². The van der Waals surface area contributed by atoms with E-state index in [4.69, 9.17) is 5.73 Å². The SMILES string of the molecule is COC(=O)C(N)C1(c2cnccn2)CC1. The molecule has 0 radical (unpaired) electrons. The Kier molecular flexibility index (Phi) is 2.40. The van der Waals surface area contributed by atoms with Crippen molar-refractivity contribution in [1.29, 1.82) is 0 Å². The Hall–Kier alpha value is -1.49. The van der Waals surface area contributed by atoms with Gasteiger partial charge < -0.3 is 10.5 Å². The van der Waals surface area contributed by atoms with E-state index in [0.717, 1.165) is 18.5 Å². The second kappa shape index (κ2) is 3.58. The van der Waals surface area contributed by atoms with Gasteiger partial charge in [0, 0.05) is 24.0 Å². The summed E-state index contributed by atoms with van der Waals surface area (Å²) in [6, 6.07) is -0.640. The fourth-order valence-electron chi connectivity index (χ4n) is 1.77. The van der Waals surface area contributed by atoms with E-state index in [2.05, 4.69) is 14.7 Å². The fourth-order valence-corrected chi connectivity index (χ4v) is 1.77. The second-order valence-electron chi connectivity index (χ2n) is 3.75. The van der Waals surface area contributed by atoms with Crippen molar-refractivity contribution in [3.8, 4) is 0 Å². The highest BCUT2D eigenvalue weighted by Crippen LogP contribution is 2.49. The van der Waals surface area contributed by atoms with Crippen molar-refractivity contribution in [3.63, 3.8) is 0 Å². The summed E-state index contributed by atoms with van der Waals surface area (Å²) in [5.74, 6) is -0.391. The quantitative estimate of drug-likeness (QED) is 0.706. The molecule has 0 bridgehead atoms. The van der Waals surface area contributed by atoms with Crippen LogP contribution in [0.5, 0.6) is 0 Å². The molecule has 0 saturated heterocycles. The van der Waals surface area contributed by atoms with E-state index >= 15 is 0 Å². The third-order valence-corrected chi connectivity index (χ3v) is 2.91. The van der Waals surface area contributed by atoms with Gasteiger partial charge in [-0.2, -0.15) is 0 Å². The highest BCUT2D eigenvalue weighted by Gasteiger charge is 2.54. The molecule has 1 heterocycles. The molecular weight excluding hydrogens is 194 g/mol. The number of hydrogen-bond acceptors (Lipinski definition) is 5. The Morgan fingerprint density at radius 2 is 2.33 bits per heavy atom. The number of carbonyl (C=O) groups is 1. The van der Waals surface area contributed by atoms with Crippen LogP contribution in [0.25, 0.3) is 0 Å². The van der Waals surface area contributed by atoms with Gasteiger partial charge in [0.05, 0.1) is 12.8 Å². The molecule has 0 spiro atoms. The average Bonchev–Trinajstić information content (AvgIpc) is 3.09. The number of carbonyl (C=O) groups excluding carboxylic acids is 1. The van der Waals surface area contributed by atoms with Crippen LogP contribution in [-0.4, -0.2) is 29.1 Å². The molecule has 1 aromatic rings. The van der Waals surface area contributed by atoms with E-state index < -0.39 is 12.0 Å². The molecule has 0 aromatic carbocycles. The third kappa shape index (κ3) is 1.59. The van der Waals surface area contributed by atoms with Crippen molar-refractivity contribution < 1.29 is 9.53 Å². The number of nitrogens with two attached hydrogens (primary N) is 1. The van der Waals surface area contributed by atoms with Crippen LogP contribution in [0.15, 0.2) is 18.6 Å². The van der Waals surface area contributed by atoms with Crippen LogP contribution in [0.4, 0.5) is 0 Å². The number of methoxy groups -OCH3 is 1. The zero-order valence-corrected chi connectivity index (χ0v) is 8.51. The molecule has 5 heteroatoms. The van der Waals surface area contributed by atoms with Crippen molar-refractivity contribution in [3.05, 3.63) is 24.3 Å². The van der Waals surface area contributed by atoms with Gasteiger partial charge in [0.1, 0.15) is 6.04 Å². The lowest BCUT2D eigenvalue weighted by Gasteiger charge is -2.19. The molecule has 1 aliphatic rings. The summed E-state index contributed by atoms with van der Waals surface area (Å²) >= 11 is 0. The highest BCUT2D eigenvalue weighted by molar-refractivity contribution is 5.78. The smallest absolute Gasteiger partial charge is 0.323 e. The van der Waals surface area contributed by atoms with Crippen LogP contribution >= 0.6 is 0 Å². The van der Waals surface area contributed by atoms with Gasteiger partial charge in [-0.15, -0.1) is 0 Å². The predicted molar refractivity (Wildman–Crippen MR) is 52.9 cm³/mol. The lowest BCUT2D eigenvalue weighted by atomic mass is 9.93. The normalized spacial score (nSPS) is 19.3. The highest BCUT2D eigenvalue weighted by atomic mass is 16.5. The summed E-state index contributed by atoms with van der Waals surface area (Å²) in [6.45, 7) is 0. The van der Waals surface area contributed by atoms with Crippen molar-refractivity contribution in [2.45, 2.75) is 24.3 Å². The van der Waals surface area contributed by atoms with Gasteiger partial charge in [-0.1, -0.05) is 0 Å². The largest absolute Gasteiger partial charge is 0.468 e. The van der Waals surface area contributed by atoms with Gasteiger partial charge in [-0.25, -0.2) is 0 Å². The third-order valence-electron chi connectivity index (χ3n) is 2.91. The summed E-state index contributed by atoms with van der Waals surface area (Å²) in [7, 11) is 1.34. The van der Waals surface area contributed by atoms with Crippen LogP contribution < -0.4 is 5.73 Å². The van der Waals surface area contributed by atoms with E-state index in [-0.39, 0.29) is 5.41 Å². The first-order valence-electron chi connectivity index (χ1n) is 4.80. The van der Waals surface area contributed by atoms with E-state index in [1.54, 1.807) is 18.6 Å². The molecule has 1 fully saturated rings. The number of hydrogen-bond donors (Lipinski definition) is 1. The van der Waals surface area contributed by atoms with Crippen LogP contribution in [0.3, 0.4) is 0 Å². The molecule has 1 unspecified atom stereocenters. The molecule has 15 heavy (non-hydrogen) atoms. The van der Waals surface area contributed by atoms with E-state index in [1.165, 1.54) is 7.11 Å². The maximum atomic E-state index is 11.4. The summed E-state index contributed by atoms with van der Waals surface area (Å²) in [5.41, 5.74) is 6.29. The maximum Gasteiger partial charge on any atom is 0.323 e. The van der Waals surface area contributed by atoms with E-state index in [0.29, 0.717) is 0 Å². The minimum Gasteiger partial charge on any atom is -0.468 e. The van der Waals surface area contributed by atoms with Crippen molar-refractivity contribution in [1.82, 2.24) is 9.97 Å². The lowest BCUT2D eigenvalue weighted by molar-refractivity contribution is -0.143. The number of nitrogens with zero attached hydrogens (tertiary/aromatic N) is 2. The topological polar surface area (TPSA) is 78.1 Å². The molecule has 5 nitrogen and oxygen atoms in total. The molecule has 1 saturated carbocycles. The summed E-state index contributed by atoms with van der Waals surface area (Å²) in [5, 5.41) is 0. The monoisotopic (exact) mass is 207 g/mol. The molecule has 0 amide bonds. The first-order chi connectivity index (χ1) is 7.20. The van der Waals surface area contributed by atoms with E-state index in [9.17, 15) is 4.79 Å². The van der Waals surface area contributed by atoms with Gasteiger partial charge in [0.15, 0.2) is 0 Å². The minimum absolute atomic E-state index is 0.346. The molecule has 1 aliphatic carbocycles. The molecule has 80 valence electrons. The number of aromatic nitrogens is 2. The zero-order chi connectivity index (χ0) is 10.9. The Bertz CT molecular complexity index is 362. The van der Waals surface area contributed by atoms with Gasteiger partial charge in [0.2, 0.25) is 0 Å². The minimum atomic E-state index is -0.640. The van der Waals surface area contributed by atoms with Gasteiger partial charge in [-0.3, -0.25) is 14.8 Å². The number of esters is 1. The van der Waals surface area contributed by atoms with Crippen LogP contribution in [-0.2, 0) is 14.9 Å². The Morgan fingerprint density at radius 1 is 1.60 bits per heavy atom. The van der Waals surface area contributed by atoms with Crippen molar-refractivity contribution >= 4 is 5.97 Å². The molecule has 2 rings (SSSR count). The van der Waals surface area contributed by atoms with Crippen LogP contribution in [0.1, 0.15) is 18.5 Å². The second-order valence-corrected chi connectivity index (χ2v) is 3.75. The van der Waals surface area contributed by atoms with Crippen molar-refractivity contribution in [2.24, 2.45) is 5.73 Å². The Labute approximate surface area is 87.7 Å². The summed E-state index contributed by atoms with van der Waals surface area (Å²) in [6.07, 6.45) is 6.60. The molecule has 2 N–H and O–H groups in total. The van der Waals surface area contributed by atoms with Gasteiger partial charge in [-0.05, 0) is 12.8 Å². The summed E-state index contributed by atoms with van der Waals surface area (Å²) in [4.78, 5) is 19.6. The predicted octanol–water partition coefficient (Wildman–Crippen LogP) is 0.00850. The average molecular weight is 207 g/mol. The standard InChI is InChI=1S/C10H13N3O2/c1-15-9(14)8(11)10(2-3-10)7-6-12-4-5-13-7/h4-6,8H,2-3,11H2,1H3. The van der Waals surface area contributed by atoms with Gasteiger partial charge >= 0.3 is 5.97 Å². The van der Waals surface area contributed by atoms with Crippen LogP contribution in [0, 0.1) is 0 Å². The summed E-state index contributed by atoms with van der Waals surface area (Å²) < 4.78 is 4.65. The lowest BCUT2D eigenvalue weighted by Crippen LogP contribution is -2.43. The Morgan fingerprint density at radius 3 is 2.80 bits per heavy atom. The van der Waals surface area contributed by atoms with Gasteiger partial charge in [0.25, 0.3) is 0 Å². The van der Waals surface area contributed by atoms with Crippen LogP contribution in [0.2, 0.25) is 0 Å². The molecule has 1 aromatic heterocycles.